The van der Waals surface area contributed by atoms with Gasteiger partial charge in [0.15, 0.2) is 0 Å². The predicted octanol–water partition coefficient (Wildman–Crippen LogP) is 0.915. The lowest BCUT2D eigenvalue weighted by molar-refractivity contribution is -0.145. The Morgan fingerprint density at radius 2 is 1.71 bits per heavy atom. The number of furan rings is 1. The Hall–Kier alpha value is -3.95. The molecule has 0 aliphatic carbocycles. The molecule has 162 valence electrons. The maximum absolute atomic E-state index is 11.9. The number of nitrogens with one attached hydrogen (secondary N) is 3. The number of nitrogens with zero attached hydrogens (tertiary/aromatic N) is 2. The topological polar surface area (TPSA) is 133 Å². The van der Waals surface area contributed by atoms with Crippen molar-refractivity contribution in [2.75, 3.05) is 18.4 Å². The van der Waals surface area contributed by atoms with E-state index in [0.29, 0.717) is 30.3 Å². The van der Waals surface area contributed by atoms with E-state index in [1.165, 1.54) is 11.1 Å². The summed E-state index contributed by atoms with van der Waals surface area (Å²) in [5.74, 6) is -2.32. The van der Waals surface area contributed by atoms with Gasteiger partial charge in [0.05, 0.1) is 12.8 Å². The largest absolute Gasteiger partial charge is 0.458 e. The molecule has 1 fully saturated rings. The van der Waals surface area contributed by atoms with Gasteiger partial charge in [-0.1, -0.05) is 17.7 Å². The van der Waals surface area contributed by atoms with Gasteiger partial charge in [-0.2, -0.15) is 5.10 Å². The zero-order chi connectivity index (χ0) is 22.2. The number of hydrazone groups is 1. The number of carbonyl (C=O) groups excluding carboxylic acids is 4. The SMILES string of the molecule is Cc1ccc(NC(=O)C(=O)NCc2ccc(/C=N/NC(=O)C(=O)N3CCCC3)o2)cc1. The Kier molecular flexibility index (Phi) is 7.15. The molecule has 3 N–H and O–H groups in total. The molecule has 2 aromatic rings. The van der Waals surface area contributed by atoms with Crippen LogP contribution in [0.25, 0.3) is 0 Å². The van der Waals surface area contributed by atoms with Crippen LogP contribution in [0.4, 0.5) is 5.69 Å². The minimum absolute atomic E-state index is 0.00615. The molecule has 0 saturated carbocycles. The fraction of sp³-hybridized carbons (Fsp3) is 0.286. The molecule has 0 spiro atoms. The van der Waals surface area contributed by atoms with Crippen LogP contribution in [0.3, 0.4) is 0 Å². The van der Waals surface area contributed by atoms with E-state index >= 15 is 0 Å². The van der Waals surface area contributed by atoms with Gasteiger partial charge < -0.3 is 20.0 Å². The average molecular weight is 425 g/mol. The standard InChI is InChI=1S/C21H23N5O5/c1-14-4-6-15(7-5-14)24-19(28)18(27)22-12-16-8-9-17(31-16)13-23-25-20(29)21(30)26-10-2-3-11-26/h4-9,13H,2-3,10-12H2,1H3,(H,22,27)(H,24,28)(H,25,29)/b23-13+. The summed E-state index contributed by atoms with van der Waals surface area (Å²) in [6.45, 7) is 3.06. The van der Waals surface area contributed by atoms with E-state index < -0.39 is 23.6 Å². The lowest BCUT2D eigenvalue weighted by Crippen LogP contribution is -2.39. The Balaban J connectivity index is 1.42. The third kappa shape index (κ3) is 6.26. The Morgan fingerprint density at radius 1 is 1.00 bits per heavy atom. The van der Waals surface area contributed by atoms with Crippen molar-refractivity contribution >= 4 is 35.5 Å². The maximum Gasteiger partial charge on any atom is 0.329 e. The molecule has 1 aromatic heterocycles. The summed E-state index contributed by atoms with van der Waals surface area (Å²) in [5, 5.41) is 8.67. The molecule has 0 atom stereocenters. The second kappa shape index (κ2) is 10.2. The molecule has 1 aliphatic rings. The van der Waals surface area contributed by atoms with Crippen molar-refractivity contribution in [3.8, 4) is 0 Å². The summed E-state index contributed by atoms with van der Waals surface area (Å²) in [7, 11) is 0. The first-order chi connectivity index (χ1) is 14.9. The van der Waals surface area contributed by atoms with E-state index in [9.17, 15) is 19.2 Å². The van der Waals surface area contributed by atoms with E-state index in [4.69, 9.17) is 4.42 Å². The van der Waals surface area contributed by atoms with E-state index in [2.05, 4.69) is 21.2 Å². The highest BCUT2D eigenvalue weighted by Gasteiger charge is 2.24. The molecule has 0 bridgehead atoms. The molecule has 1 aromatic carbocycles. The smallest absolute Gasteiger partial charge is 0.329 e. The van der Waals surface area contributed by atoms with E-state index in [0.717, 1.165) is 18.4 Å². The van der Waals surface area contributed by atoms with Crippen molar-refractivity contribution in [2.24, 2.45) is 5.10 Å². The summed E-state index contributed by atoms with van der Waals surface area (Å²) in [6.07, 6.45) is 3.02. The zero-order valence-electron chi connectivity index (χ0n) is 17.0. The minimum atomic E-state index is -0.809. The quantitative estimate of drug-likeness (QED) is 0.372. The molecule has 1 saturated heterocycles. The monoisotopic (exact) mass is 425 g/mol. The molecular formula is C21H23N5O5. The number of carbonyl (C=O) groups is 4. The summed E-state index contributed by atoms with van der Waals surface area (Å²) >= 11 is 0. The van der Waals surface area contributed by atoms with E-state index in [-0.39, 0.29) is 6.54 Å². The van der Waals surface area contributed by atoms with Crippen LogP contribution >= 0.6 is 0 Å². The summed E-state index contributed by atoms with van der Waals surface area (Å²) in [6, 6.07) is 10.2. The molecule has 10 heteroatoms. The second-order valence-corrected chi connectivity index (χ2v) is 7.01. The van der Waals surface area contributed by atoms with Gasteiger partial charge in [0.2, 0.25) is 0 Å². The molecule has 1 aliphatic heterocycles. The second-order valence-electron chi connectivity index (χ2n) is 7.01. The molecule has 0 unspecified atom stereocenters. The normalized spacial score (nSPS) is 13.3. The van der Waals surface area contributed by atoms with Crippen molar-refractivity contribution in [2.45, 2.75) is 26.3 Å². The van der Waals surface area contributed by atoms with Crippen LogP contribution in [0.2, 0.25) is 0 Å². The van der Waals surface area contributed by atoms with Crippen molar-refractivity contribution in [1.82, 2.24) is 15.6 Å². The van der Waals surface area contributed by atoms with Gasteiger partial charge >= 0.3 is 23.6 Å². The molecule has 0 radical (unpaired) electrons. The van der Waals surface area contributed by atoms with Crippen molar-refractivity contribution < 1.29 is 23.6 Å². The third-order valence-electron chi connectivity index (χ3n) is 4.57. The number of benzene rings is 1. The van der Waals surface area contributed by atoms with Crippen LogP contribution in [0.1, 0.15) is 29.9 Å². The van der Waals surface area contributed by atoms with Gasteiger partial charge in [0, 0.05) is 18.8 Å². The fourth-order valence-corrected chi connectivity index (χ4v) is 2.90. The zero-order valence-corrected chi connectivity index (χ0v) is 17.0. The Labute approximate surface area is 178 Å². The Bertz CT molecular complexity index is 990. The van der Waals surface area contributed by atoms with Crippen LogP contribution in [-0.4, -0.2) is 47.8 Å². The van der Waals surface area contributed by atoms with Crippen LogP contribution in [0.5, 0.6) is 0 Å². The van der Waals surface area contributed by atoms with Gasteiger partial charge in [-0.15, -0.1) is 0 Å². The van der Waals surface area contributed by atoms with Crippen LogP contribution in [0, 0.1) is 6.92 Å². The fourth-order valence-electron chi connectivity index (χ4n) is 2.90. The average Bonchev–Trinajstić information content (AvgIpc) is 3.45. The van der Waals surface area contributed by atoms with Crippen molar-refractivity contribution in [3.05, 3.63) is 53.5 Å². The Morgan fingerprint density at radius 3 is 2.42 bits per heavy atom. The highest BCUT2D eigenvalue weighted by Crippen LogP contribution is 2.09. The first-order valence-corrected chi connectivity index (χ1v) is 9.79. The van der Waals surface area contributed by atoms with Crippen molar-refractivity contribution in [1.29, 1.82) is 0 Å². The molecule has 4 amide bonds. The van der Waals surface area contributed by atoms with Crippen LogP contribution < -0.4 is 16.1 Å². The van der Waals surface area contributed by atoms with Gasteiger partial charge in [-0.3, -0.25) is 19.2 Å². The first kappa shape index (κ1) is 21.8. The predicted molar refractivity (Wildman–Crippen MR) is 112 cm³/mol. The number of rotatable bonds is 5. The summed E-state index contributed by atoms with van der Waals surface area (Å²) < 4.78 is 5.44. The molecule has 10 nitrogen and oxygen atoms in total. The summed E-state index contributed by atoms with van der Waals surface area (Å²) in [5.41, 5.74) is 3.73. The number of likely N-dealkylation sites (tertiary alicyclic amines) is 1. The van der Waals surface area contributed by atoms with Gasteiger partial charge in [-0.25, -0.2) is 5.43 Å². The number of amides is 4. The lowest BCUT2D eigenvalue weighted by Gasteiger charge is -2.12. The molecular weight excluding hydrogens is 402 g/mol. The number of anilines is 1. The summed E-state index contributed by atoms with van der Waals surface area (Å²) in [4.78, 5) is 49.0. The van der Waals surface area contributed by atoms with Gasteiger partial charge in [-0.05, 0) is 44.0 Å². The number of hydrogen-bond acceptors (Lipinski definition) is 6. The van der Waals surface area contributed by atoms with E-state index in [1.807, 2.05) is 19.1 Å². The first-order valence-electron chi connectivity index (χ1n) is 9.79. The molecule has 2 heterocycles. The minimum Gasteiger partial charge on any atom is -0.458 e. The van der Waals surface area contributed by atoms with Crippen LogP contribution in [0.15, 0.2) is 45.9 Å². The number of hydrogen-bond donors (Lipinski definition) is 3. The highest BCUT2D eigenvalue weighted by molar-refractivity contribution is 6.39. The van der Waals surface area contributed by atoms with E-state index in [1.54, 1.807) is 24.3 Å². The molecule has 31 heavy (non-hydrogen) atoms. The van der Waals surface area contributed by atoms with Crippen LogP contribution in [-0.2, 0) is 25.7 Å². The van der Waals surface area contributed by atoms with Gasteiger partial charge in [0.25, 0.3) is 0 Å². The third-order valence-corrected chi connectivity index (χ3v) is 4.57. The highest BCUT2D eigenvalue weighted by atomic mass is 16.3. The molecule has 3 rings (SSSR count). The van der Waals surface area contributed by atoms with Crippen molar-refractivity contribution in [3.63, 3.8) is 0 Å². The van der Waals surface area contributed by atoms with Gasteiger partial charge in [0.1, 0.15) is 11.5 Å². The maximum atomic E-state index is 11.9. The number of aryl methyl sites for hydroxylation is 1. The lowest BCUT2D eigenvalue weighted by atomic mass is 10.2.